The van der Waals surface area contributed by atoms with Crippen LogP contribution in [0.3, 0.4) is 0 Å². The number of halogens is 1. The van der Waals surface area contributed by atoms with Gasteiger partial charge in [0.15, 0.2) is 11.5 Å². The molecule has 0 heterocycles. The topological polar surface area (TPSA) is 97.7 Å². The average Bonchev–Trinajstić information content (AvgIpc) is 2.82. The lowest BCUT2D eigenvalue weighted by Crippen LogP contribution is -2.13. The molecule has 3 rings (SSSR count). The van der Waals surface area contributed by atoms with E-state index in [0.29, 0.717) is 28.3 Å². The predicted octanol–water partition coefficient (Wildman–Crippen LogP) is 5.07. The van der Waals surface area contributed by atoms with Crippen molar-refractivity contribution >= 4 is 46.2 Å². The standard InChI is InChI=1S/C25H19IN2O5/c1-31-21-9-7-17(8-10-21)25(30)33-23-13-16(6-11-22(23)32-2)12-18(15-27)24(29)28-20-5-3-4-19(26)14-20/h3-14H,1-2H3,(H,28,29)/b18-12+. The van der Waals surface area contributed by atoms with E-state index in [1.807, 2.05) is 12.1 Å². The molecule has 8 heteroatoms. The molecule has 7 nitrogen and oxygen atoms in total. The van der Waals surface area contributed by atoms with Crippen molar-refractivity contribution in [1.29, 1.82) is 5.26 Å². The van der Waals surface area contributed by atoms with E-state index in [2.05, 4.69) is 27.9 Å². The van der Waals surface area contributed by atoms with Gasteiger partial charge >= 0.3 is 5.97 Å². The van der Waals surface area contributed by atoms with E-state index in [1.54, 1.807) is 54.6 Å². The normalized spacial score (nSPS) is 10.7. The fraction of sp³-hybridized carbons (Fsp3) is 0.0800. The average molecular weight is 554 g/mol. The molecule has 166 valence electrons. The maximum atomic E-state index is 12.6. The number of hydrogen-bond acceptors (Lipinski definition) is 6. The first-order valence-corrected chi connectivity index (χ1v) is 10.7. The van der Waals surface area contributed by atoms with Gasteiger partial charge in [0.25, 0.3) is 5.91 Å². The predicted molar refractivity (Wildman–Crippen MR) is 132 cm³/mol. The highest BCUT2D eigenvalue weighted by molar-refractivity contribution is 14.1. The number of nitrogens with one attached hydrogen (secondary N) is 1. The molecule has 0 aliphatic heterocycles. The number of ether oxygens (including phenoxy) is 3. The summed E-state index contributed by atoms with van der Waals surface area (Å²) in [5.41, 5.74) is 1.29. The molecule has 0 spiro atoms. The van der Waals surface area contributed by atoms with Gasteiger partial charge in [-0.1, -0.05) is 12.1 Å². The van der Waals surface area contributed by atoms with Gasteiger partial charge in [-0.05, 0) is 88.8 Å². The quantitative estimate of drug-likeness (QED) is 0.144. The summed E-state index contributed by atoms with van der Waals surface area (Å²) in [5, 5.41) is 12.2. The maximum Gasteiger partial charge on any atom is 0.343 e. The molecule has 33 heavy (non-hydrogen) atoms. The van der Waals surface area contributed by atoms with Gasteiger partial charge in [0.2, 0.25) is 0 Å². The SMILES string of the molecule is COc1ccc(C(=O)Oc2cc(/C=C(\C#N)C(=O)Nc3cccc(I)c3)ccc2OC)cc1. The zero-order chi connectivity index (χ0) is 23.8. The zero-order valence-electron chi connectivity index (χ0n) is 17.8. The third-order valence-electron chi connectivity index (χ3n) is 4.47. The monoisotopic (exact) mass is 554 g/mol. The Balaban J connectivity index is 1.83. The molecule has 0 aliphatic carbocycles. The highest BCUT2D eigenvalue weighted by Gasteiger charge is 2.15. The summed E-state index contributed by atoms with van der Waals surface area (Å²) in [4.78, 5) is 25.1. The summed E-state index contributed by atoms with van der Waals surface area (Å²) in [6.07, 6.45) is 1.41. The first-order chi connectivity index (χ1) is 15.9. The number of hydrogen-bond donors (Lipinski definition) is 1. The zero-order valence-corrected chi connectivity index (χ0v) is 20.0. The third kappa shape index (κ3) is 6.33. The number of methoxy groups -OCH3 is 2. The van der Waals surface area contributed by atoms with Gasteiger partial charge in [0, 0.05) is 9.26 Å². The molecule has 1 amide bonds. The molecule has 0 atom stereocenters. The molecular weight excluding hydrogens is 535 g/mol. The highest BCUT2D eigenvalue weighted by Crippen LogP contribution is 2.30. The highest BCUT2D eigenvalue weighted by atomic mass is 127. The fourth-order valence-corrected chi connectivity index (χ4v) is 3.37. The molecule has 0 radical (unpaired) electrons. The van der Waals surface area contributed by atoms with Gasteiger partial charge in [0.05, 0.1) is 19.8 Å². The van der Waals surface area contributed by atoms with Crippen LogP contribution in [-0.4, -0.2) is 26.1 Å². The van der Waals surface area contributed by atoms with Gasteiger partial charge in [-0.2, -0.15) is 5.26 Å². The summed E-state index contributed by atoms with van der Waals surface area (Å²) >= 11 is 2.13. The van der Waals surface area contributed by atoms with E-state index in [4.69, 9.17) is 14.2 Å². The van der Waals surface area contributed by atoms with Gasteiger partial charge in [-0.15, -0.1) is 0 Å². The van der Waals surface area contributed by atoms with Crippen LogP contribution in [0.15, 0.2) is 72.3 Å². The van der Waals surface area contributed by atoms with Crippen LogP contribution in [0.4, 0.5) is 5.69 Å². The number of esters is 1. The Morgan fingerprint density at radius 2 is 1.73 bits per heavy atom. The minimum absolute atomic E-state index is 0.105. The van der Waals surface area contributed by atoms with E-state index >= 15 is 0 Å². The Morgan fingerprint density at radius 3 is 2.36 bits per heavy atom. The Morgan fingerprint density at radius 1 is 0.970 bits per heavy atom. The second-order valence-electron chi connectivity index (χ2n) is 6.66. The second kappa shape index (κ2) is 11.2. The number of carbonyl (C=O) groups is 2. The van der Waals surface area contributed by atoms with Crippen LogP contribution in [-0.2, 0) is 4.79 Å². The largest absolute Gasteiger partial charge is 0.497 e. The molecule has 0 unspecified atom stereocenters. The van der Waals surface area contributed by atoms with Crippen LogP contribution >= 0.6 is 22.6 Å². The molecule has 0 saturated heterocycles. The van der Waals surface area contributed by atoms with Crippen molar-refractivity contribution in [2.75, 3.05) is 19.5 Å². The summed E-state index contributed by atoms with van der Waals surface area (Å²) in [7, 11) is 2.98. The molecule has 0 aromatic heterocycles. The molecule has 3 aromatic rings. The van der Waals surface area contributed by atoms with Crippen LogP contribution in [0.25, 0.3) is 6.08 Å². The number of nitrogens with zero attached hydrogens (tertiary/aromatic N) is 1. The minimum Gasteiger partial charge on any atom is -0.497 e. The Labute approximate surface area is 204 Å². The third-order valence-corrected chi connectivity index (χ3v) is 5.15. The van der Waals surface area contributed by atoms with Crippen LogP contribution in [0.1, 0.15) is 15.9 Å². The molecule has 3 aromatic carbocycles. The van der Waals surface area contributed by atoms with E-state index in [9.17, 15) is 14.9 Å². The van der Waals surface area contributed by atoms with Crippen LogP contribution in [0.2, 0.25) is 0 Å². The first-order valence-electron chi connectivity index (χ1n) is 9.66. The van der Waals surface area contributed by atoms with Gasteiger partial charge in [-0.25, -0.2) is 4.79 Å². The van der Waals surface area contributed by atoms with Gasteiger partial charge in [0.1, 0.15) is 17.4 Å². The molecule has 1 N–H and O–H groups in total. The lowest BCUT2D eigenvalue weighted by atomic mass is 10.1. The van der Waals surface area contributed by atoms with Crippen LogP contribution < -0.4 is 19.5 Å². The number of rotatable bonds is 7. The number of benzene rings is 3. The van der Waals surface area contributed by atoms with Crippen LogP contribution in [0, 0.1) is 14.9 Å². The summed E-state index contributed by atoms with van der Waals surface area (Å²) in [6.45, 7) is 0. The van der Waals surface area contributed by atoms with E-state index in [-0.39, 0.29) is 11.3 Å². The number of nitriles is 1. The molecule has 0 fully saturated rings. The van der Waals surface area contributed by atoms with E-state index in [1.165, 1.54) is 26.4 Å². The second-order valence-corrected chi connectivity index (χ2v) is 7.91. The van der Waals surface area contributed by atoms with Crippen molar-refractivity contribution in [2.45, 2.75) is 0 Å². The number of anilines is 1. The van der Waals surface area contributed by atoms with Crippen molar-refractivity contribution in [3.05, 3.63) is 87.0 Å². The van der Waals surface area contributed by atoms with Crippen molar-refractivity contribution < 1.29 is 23.8 Å². The van der Waals surface area contributed by atoms with E-state index < -0.39 is 11.9 Å². The maximum absolute atomic E-state index is 12.6. The van der Waals surface area contributed by atoms with Crippen molar-refractivity contribution in [3.8, 4) is 23.3 Å². The smallest absolute Gasteiger partial charge is 0.343 e. The van der Waals surface area contributed by atoms with Crippen molar-refractivity contribution in [1.82, 2.24) is 0 Å². The molecule has 0 aliphatic rings. The number of amides is 1. The summed E-state index contributed by atoms with van der Waals surface area (Å²) in [5.74, 6) is -0.0388. The van der Waals surface area contributed by atoms with E-state index in [0.717, 1.165) is 3.57 Å². The molecule has 0 bridgehead atoms. The minimum atomic E-state index is -0.589. The Hall–Kier alpha value is -3.84. The summed E-state index contributed by atoms with van der Waals surface area (Å²) < 4.78 is 16.8. The van der Waals surface area contributed by atoms with Gasteiger partial charge in [-0.3, -0.25) is 4.79 Å². The first kappa shape index (κ1) is 23.8. The molecular formula is C25H19IN2O5. The lowest BCUT2D eigenvalue weighted by molar-refractivity contribution is -0.112. The van der Waals surface area contributed by atoms with Gasteiger partial charge < -0.3 is 19.5 Å². The lowest BCUT2D eigenvalue weighted by Gasteiger charge is -2.11. The van der Waals surface area contributed by atoms with Crippen molar-refractivity contribution in [2.24, 2.45) is 0 Å². The Kier molecular flexibility index (Phi) is 8.05. The Bertz CT molecular complexity index is 1250. The van der Waals surface area contributed by atoms with Crippen LogP contribution in [0.5, 0.6) is 17.2 Å². The molecule has 0 saturated carbocycles. The summed E-state index contributed by atoms with van der Waals surface area (Å²) in [6, 6.07) is 20.4. The fourth-order valence-electron chi connectivity index (χ4n) is 2.83. The number of carbonyl (C=O) groups excluding carboxylic acids is 2. The van der Waals surface area contributed by atoms with Crippen molar-refractivity contribution in [3.63, 3.8) is 0 Å².